The maximum atomic E-state index is 10.6. The molecule has 0 N–H and O–H groups in total. The standard InChI is InChI=1S/C8H10O4/c1-3-5-7(9)11-12-8(10)6-4-2/h3-4H,1-2,5-6H2. The normalized spacial score (nSPS) is 8.33. The SMILES string of the molecule is C=CCC(=O)OOC(=O)CC=C. The van der Waals surface area contributed by atoms with Crippen LogP contribution < -0.4 is 0 Å². The summed E-state index contributed by atoms with van der Waals surface area (Å²) in [6.07, 6.45) is 2.73. The van der Waals surface area contributed by atoms with Crippen molar-refractivity contribution in [3.63, 3.8) is 0 Å². The topological polar surface area (TPSA) is 52.6 Å². The summed E-state index contributed by atoms with van der Waals surface area (Å²) in [7, 11) is 0. The molecule has 0 atom stereocenters. The molecule has 0 aromatic carbocycles. The van der Waals surface area contributed by atoms with Gasteiger partial charge in [-0.2, -0.15) is 0 Å². The third-order valence-electron chi connectivity index (χ3n) is 0.850. The first-order valence-electron chi connectivity index (χ1n) is 3.32. The molecule has 0 saturated heterocycles. The van der Waals surface area contributed by atoms with Crippen LogP contribution in [0, 0.1) is 0 Å². The summed E-state index contributed by atoms with van der Waals surface area (Å²) in [6, 6.07) is 0. The minimum absolute atomic E-state index is 0.0152. The first kappa shape index (κ1) is 10.4. The van der Waals surface area contributed by atoms with E-state index >= 15 is 0 Å². The summed E-state index contributed by atoms with van der Waals surface area (Å²) >= 11 is 0. The van der Waals surface area contributed by atoms with Gasteiger partial charge in [0, 0.05) is 0 Å². The molecule has 4 heteroatoms. The Bertz CT molecular complexity index is 173. The van der Waals surface area contributed by atoms with Gasteiger partial charge in [0.25, 0.3) is 0 Å². The Balaban J connectivity index is 3.53. The van der Waals surface area contributed by atoms with Crippen LogP contribution in [0.25, 0.3) is 0 Å². The van der Waals surface area contributed by atoms with Gasteiger partial charge in [-0.15, -0.1) is 13.2 Å². The van der Waals surface area contributed by atoms with Crippen molar-refractivity contribution in [2.45, 2.75) is 12.8 Å². The van der Waals surface area contributed by atoms with Gasteiger partial charge in [-0.05, 0) is 0 Å². The van der Waals surface area contributed by atoms with Crippen LogP contribution in [0.4, 0.5) is 0 Å². The Morgan fingerprint density at radius 2 is 1.33 bits per heavy atom. The molecule has 0 bridgehead atoms. The molecule has 0 aliphatic rings. The lowest BCUT2D eigenvalue weighted by molar-refractivity contribution is -0.257. The van der Waals surface area contributed by atoms with E-state index in [-0.39, 0.29) is 12.8 Å². The van der Waals surface area contributed by atoms with Crippen LogP contribution in [0.2, 0.25) is 0 Å². The number of hydrogen-bond donors (Lipinski definition) is 0. The van der Waals surface area contributed by atoms with Crippen molar-refractivity contribution in [3.05, 3.63) is 25.3 Å². The highest BCUT2D eigenvalue weighted by molar-refractivity contribution is 5.74. The number of rotatable bonds is 4. The fourth-order valence-electron chi connectivity index (χ4n) is 0.397. The Morgan fingerprint density at radius 3 is 1.58 bits per heavy atom. The summed E-state index contributed by atoms with van der Waals surface area (Å²) in [5.41, 5.74) is 0. The maximum Gasteiger partial charge on any atom is 0.359 e. The zero-order valence-corrected chi connectivity index (χ0v) is 6.62. The molecule has 12 heavy (non-hydrogen) atoms. The molecule has 0 aliphatic heterocycles. The van der Waals surface area contributed by atoms with E-state index in [1.54, 1.807) is 0 Å². The van der Waals surface area contributed by atoms with Crippen molar-refractivity contribution in [3.8, 4) is 0 Å². The average Bonchev–Trinajstić information content (AvgIpc) is 2.02. The Kier molecular flexibility index (Phi) is 5.34. The molecular formula is C8H10O4. The van der Waals surface area contributed by atoms with Gasteiger partial charge in [0.2, 0.25) is 0 Å². The minimum Gasteiger partial charge on any atom is -0.247 e. The monoisotopic (exact) mass is 170 g/mol. The fourth-order valence-corrected chi connectivity index (χ4v) is 0.397. The molecule has 0 fully saturated rings. The fraction of sp³-hybridized carbons (Fsp3) is 0.250. The predicted octanol–water partition coefficient (Wildman–Crippen LogP) is 1.14. The van der Waals surface area contributed by atoms with Crippen LogP contribution in [-0.4, -0.2) is 11.9 Å². The molecule has 0 rings (SSSR count). The largest absolute Gasteiger partial charge is 0.359 e. The highest BCUT2D eigenvalue weighted by Crippen LogP contribution is 1.92. The summed E-state index contributed by atoms with van der Waals surface area (Å²) in [5.74, 6) is -1.30. The van der Waals surface area contributed by atoms with Crippen LogP contribution in [0.1, 0.15) is 12.8 Å². The van der Waals surface area contributed by atoms with E-state index in [0.717, 1.165) is 0 Å². The van der Waals surface area contributed by atoms with Crippen molar-refractivity contribution in [1.29, 1.82) is 0 Å². The van der Waals surface area contributed by atoms with Gasteiger partial charge in [0.05, 0.1) is 12.8 Å². The molecule has 0 radical (unpaired) electrons. The second-order valence-electron chi connectivity index (χ2n) is 1.90. The van der Waals surface area contributed by atoms with Crippen molar-refractivity contribution in [1.82, 2.24) is 0 Å². The molecule has 0 aromatic heterocycles. The minimum atomic E-state index is -0.651. The molecule has 66 valence electrons. The van der Waals surface area contributed by atoms with Gasteiger partial charge in [0.15, 0.2) is 0 Å². The molecule has 0 unspecified atom stereocenters. The van der Waals surface area contributed by atoms with Gasteiger partial charge in [-0.3, -0.25) is 0 Å². The second kappa shape index (κ2) is 6.15. The lowest BCUT2D eigenvalue weighted by atomic mass is 10.4. The average molecular weight is 170 g/mol. The Hall–Kier alpha value is -1.58. The molecule has 0 aliphatic carbocycles. The van der Waals surface area contributed by atoms with E-state index in [4.69, 9.17) is 0 Å². The van der Waals surface area contributed by atoms with Crippen LogP contribution in [0.15, 0.2) is 25.3 Å². The molecule has 4 nitrogen and oxygen atoms in total. The van der Waals surface area contributed by atoms with Crippen molar-refractivity contribution in [2.75, 3.05) is 0 Å². The van der Waals surface area contributed by atoms with Gasteiger partial charge in [0.1, 0.15) is 0 Å². The van der Waals surface area contributed by atoms with E-state index in [2.05, 4.69) is 22.9 Å². The van der Waals surface area contributed by atoms with Crippen molar-refractivity contribution < 1.29 is 19.4 Å². The number of carbonyl (C=O) groups excluding carboxylic acids is 2. The molecule has 0 heterocycles. The van der Waals surface area contributed by atoms with E-state index in [0.29, 0.717) is 0 Å². The molecule has 0 saturated carbocycles. The van der Waals surface area contributed by atoms with Gasteiger partial charge in [-0.1, -0.05) is 12.2 Å². The van der Waals surface area contributed by atoms with Crippen molar-refractivity contribution in [2.24, 2.45) is 0 Å². The van der Waals surface area contributed by atoms with Gasteiger partial charge < -0.3 is 0 Å². The van der Waals surface area contributed by atoms with Gasteiger partial charge in [-0.25, -0.2) is 19.4 Å². The van der Waals surface area contributed by atoms with E-state index in [1.165, 1.54) is 12.2 Å². The number of hydrogen-bond acceptors (Lipinski definition) is 4. The quantitative estimate of drug-likeness (QED) is 0.360. The van der Waals surface area contributed by atoms with E-state index < -0.39 is 11.9 Å². The zero-order valence-electron chi connectivity index (χ0n) is 6.62. The zero-order chi connectivity index (χ0) is 9.40. The van der Waals surface area contributed by atoms with Crippen molar-refractivity contribution >= 4 is 11.9 Å². The molecule has 0 aromatic rings. The summed E-state index contributed by atoms with van der Waals surface area (Å²) in [6.45, 7) is 6.61. The third kappa shape index (κ3) is 5.22. The first-order chi connectivity index (χ1) is 5.70. The van der Waals surface area contributed by atoms with Crippen LogP contribution in [0.3, 0.4) is 0 Å². The maximum absolute atomic E-state index is 10.6. The molecule has 0 amide bonds. The smallest absolute Gasteiger partial charge is 0.247 e. The van der Waals surface area contributed by atoms with Crippen LogP contribution in [0.5, 0.6) is 0 Å². The van der Waals surface area contributed by atoms with Gasteiger partial charge >= 0.3 is 11.9 Å². The third-order valence-corrected chi connectivity index (χ3v) is 0.850. The summed E-state index contributed by atoms with van der Waals surface area (Å²) in [5, 5.41) is 0. The summed E-state index contributed by atoms with van der Waals surface area (Å²) in [4.78, 5) is 29.3. The Morgan fingerprint density at radius 1 is 1.00 bits per heavy atom. The van der Waals surface area contributed by atoms with Crippen LogP contribution in [-0.2, 0) is 19.4 Å². The highest BCUT2D eigenvalue weighted by Gasteiger charge is 2.05. The number of carbonyl (C=O) groups is 2. The second-order valence-corrected chi connectivity index (χ2v) is 1.90. The first-order valence-corrected chi connectivity index (χ1v) is 3.32. The van der Waals surface area contributed by atoms with E-state index in [1.807, 2.05) is 0 Å². The predicted molar refractivity (Wildman–Crippen MR) is 41.8 cm³/mol. The van der Waals surface area contributed by atoms with E-state index in [9.17, 15) is 9.59 Å². The molecular weight excluding hydrogens is 160 g/mol. The lowest BCUT2D eigenvalue weighted by Gasteiger charge is -1.98. The Labute approximate surface area is 70.4 Å². The lowest BCUT2D eigenvalue weighted by Crippen LogP contribution is -2.09. The summed E-state index contributed by atoms with van der Waals surface area (Å²) < 4.78 is 0. The van der Waals surface area contributed by atoms with Crippen LogP contribution >= 0.6 is 0 Å². The highest BCUT2D eigenvalue weighted by atomic mass is 17.2. The molecule has 0 spiro atoms.